The first-order valence-corrected chi connectivity index (χ1v) is 10.3. The first-order chi connectivity index (χ1) is 14.2. The van der Waals surface area contributed by atoms with Crippen LogP contribution in [0.5, 0.6) is 0 Å². The van der Waals surface area contributed by atoms with Crippen LogP contribution in [0.25, 0.3) is 0 Å². The summed E-state index contributed by atoms with van der Waals surface area (Å²) in [5, 5.41) is 3.02. The largest absolute Gasteiger partial charge is 0.371 e. The van der Waals surface area contributed by atoms with Crippen molar-refractivity contribution in [3.05, 3.63) is 83.9 Å². The molecule has 0 spiro atoms. The first-order valence-electron chi connectivity index (χ1n) is 10.3. The third kappa shape index (κ3) is 5.05. The minimum absolute atomic E-state index is 0.0480. The second kappa shape index (κ2) is 8.95. The maximum Gasteiger partial charge on any atom is 0.251 e. The summed E-state index contributed by atoms with van der Waals surface area (Å²) in [6, 6.07) is 16.3. The Hall–Kier alpha value is -3.08. The van der Waals surface area contributed by atoms with Crippen LogP contribution in [0.15, 0.2) is 67.3 Å². The minimum atomic E-state index is -0.0480. The van der Waals surface area contributed by atoms with Gasteiger partial charge < -0.3 is 14.8 Å². The fourth-order valence-corrected chi connectivity index (χ4v) is 3.89. The number of hydrogen-bond acceptors (Lipinski definition) is 3. The predicted octanol–water partition coefficient (Wildman–Crippen LogP) is 4.10. The standard InChI is InChI=1S/C24H28N4O/c1-19-3-2-13-28(16-19)23-10-6-20(7-11-23)15-26-24(29)22-8-4-21(5-9-22)17-27-14-12-25-18-27/h4-12,14,18-19H,2-3,13,15-17H2,1H3,(H,26,29). The van der Waals surface area contributed by atoms with Crippen LogP contribution >= 0.6 is 0 Å². The zero-order chi connectivity index (χ0) is 20.1. The van der Waals surface area contributed by atoms with Gasteiger partial charge in [-0.15, -0.1) is 0 Å². The Morgan fingerprint density at radius 2 is 1.86 bits per heavy atom. The van der Waals surface area contributed by atoms with Crippen molar-refractivity contribution in [1.29, 1.82) is 0 Å². The zero-order valence-electron chi connectivity index (χ0n) is 16.9. The maximum absolute atomic E-state index is 12.5. The molecule has 0 radical (unpaired) electrons. The fourth-order valence-electron chi connectivity index (χ4n) is 3.89. The van der Waals surface area contributed by atoms with Crippen molar-refractivity contribution in [2.24, 2.45) is 5.92 Å². The van der Waals surface area contributed by atoms with E-state index in [0.29, 0.717) is 12.1 Å². The Morgan fingerprint density at radius 1 is 1.10 bits per heavy atom. The molecule has 1 fully saturated rings. The molecule has 2 heterocycles. The van der Waals surface area contributed by atoms with E-state index in [-0.39, 0.29) is 5.91 Å². The Kier molecular flexibility index (Phi) is 5.94. The van der Waals surface area contributed by atoms with Crippen LogP contribution in [0.4, 0.5) is 5.69 Å². The smallest absolute Gasteiger partial charge is 0.251 e. The molecule has 1 unspecified atom stereocenters. The molecule has 0 bridgehead atoms. The number of carbonyl (C=O) groups is 1. The zero-order valence-corrected chi connectivity index (χ0v) is 16.9. The van der Waals surface area contributed by atoms with Crippen molar-refractivity contribution in [3.8, 4) is 0 Å². The number of rotatable bonds is 6. The highest BCUT2D eigenvalue weighted by molar-refractivity contribution is 5.94. The molecule has 1 aliphatic heterocycles. The second-order valence-electron chi connectivity index (χ2n) is 7.97. The van der Waals surface area contributed by atoms with Crippen LogP contribution in [0.3, 0.4) is 0 Å². The van der Waals surface area contributed by atoms with Gasteiger partial charge in [0.1, 0.15) is 0 Å². The normalized spacial score (nSPS) is 16.6. The quantitative estimate of drug-likeness (QED) is 0.692. The van der Waals surface area contributed by atoms with Gasteiger partial charge in [0.25, 0.3) is 5.91 Å². The van der Waals surface area contributed by atoms with Crippen molar-refractivity contribution in [2.45, 2.75) is 32.9 Å². The van der Waals surface area contributed by atoms with Gasteiger partial charge in [-0.3, -0.25) is 4.79 Å². The Balaban J connectivity index is 1.30. The molecule has 5 nitrogen and oxygen atoms in total. The van der Waals surface area contributed by atoms with Gasteiger partial charge in [0.05, 0.1) is 6.33 Å². The highest BCUT2D eigenvalue weighted by Crippen LogP contribution is 2.23. The summed E-state index contributed by atoms with van der Waals surface area (Å²) in [7, 11) is 0. The van der Waals surface area contributed by atoms with E-state index in [9.17, 15) is 4.79 Å². The van der Waals surface area contributed by atoms with Crippen LogP contribution in [-0.2, 0) is 13.1 Å². The Labute approximate surface area is 172 Å². The number of benzene rings is 2. The second-order valence-corrected chi connectivity index (χ2v) is 7.97. The molecule has 0 saturated carbocycles. The van der Waals surface area contributed by atoms with Crippen LogP contribution in [0, 0.1) is 5.92 Å². The highest BCUT2D eigenvalue weighted by Gasteiger charge is 2.16. The lowest BCUT2D eigenvalue weighted by Crippen LogP contribution is -2.34. The third-order valence-electron chi connectivity index (χ3n) is 5.55. The van der Waals surface area contributed by atoms with Crippen molar-refractivity contribution < 1.29 is 4.79 Å². The lowest BCUT2D eigenvalue weighted by atomic mass is 9.99. The molecule has 1 aliphatic rings. The van der Waals surface area contributed by atoms with E-state index >= 15 is 0 Å². The van der Waals surface area contributed by atoms with Crippen LogP contribution in [0.2, 0.25) is 0 Å². The van der Waals surface area contributed by atoms with Gasteiger partial charge in [0, 0.05) is 49.8 Å². The summed E-state index contributed by atoms with van der Waals surface area (Å²) in [5.74, 6) is 0.710. The minimum Gasteiger partial charge on any atom is -0.371 e. The molecule has 4 rings (SSSR count). The highest BCUT2D eigenvalue weighted by atomic mass is 16.1. The molecule has 1 aromatic heterocycles. The Morgan fingerprint density at radius 3 is 2.55 bits per heavy atom. The average molecular weight is 389 g/mol. The first kappa shape index (κ1) is 19.2. The lowest BCUT2D eigenvalue weighted by molar-refractivity contribution is 0.0951. The van der Waals surface area contributed by atoms with Crippen LogP contribution < -0.4 is 10.2 Å². The van der Waals surface area contributed by atoms with E-state index in [1.54, 1.807) is 12.5 Å². The summed E-state index contributed by atoms with van der Waals surface area (Å²) >= 11 is 0. The molecule has 29 heavy (non-hydrogen) atoms. The number of imidazole rings is 1. The molecule has 1 amide bonds. The van der Waals surface area contributed by atoms with Gasteiger partial charge in [-0.1, -0.05) is 31.2 Å². The van der Waals surface area contributed by atoms with Gasteiger partial charge in [0.15, 0.2) is 0 Å². The number of aromatic nitrogens is 2. The number of piperidine rings is 1. The number of hydrogen-bond donors (Lipinski definition) is 1. The molecule has 5 heteroatoms. The molecular formula is C24H28N4O. The molecule has 0 aliphatic carbocycles. The van der Waals surface area contributed by atoms with Crippen molar-refractivity contribution in [3.63, 3.8) is 0 Å². The average Bonchev–Trinajstić information content (AvgIpc) is 3.26. The lowest BCUT2D eigenvalue weighted by Gasteiger charge is -2.32. The molecule has 150 valence electrons. The summed E-state index contributed by atoms with van der Waals surface area (Å²) in [6.07, 6.45) is 8.07. The van der Waals surface area contributed by atoms with Gasteiger partial charge in [-0.05, 0) is 54.2 Å². The van der Waals surface area contributed by atoms with E-state index in [2.05, 4.69) is 46.4 Å². The molecule has 2 aromatic carbocycles. The van der Waals surface area contributed by atoms with Gasteiger partial charge >= 0.3 is 0 Å². The SMILES string of the molecule is CC1CCCN(c2ccc(CNC(=O)c3ccc(Cn4ccnc4)cc3)cc2)C1. The number of nitrogens with one attached hydrogen (secondary N) is 1. The summed E-state index contributed by atoms with van der Waals surface area (Å²) in [6.45, 7) is 5.88. The van der Waals surface area contributed by atoms with Gasteiger partial charge in [-0.25, -0.2) is 4.98 Å². The van der Waals surface area contributed by atoms with E-state index < -0.39 is 0 Å². The number of amides is 1. The van der Waals surface area contributed by atoms with E-state index in [0.717, 1.165) is 36.7 Å². The molecule has 1 atom stereocenters. The monoisotopic (exact) mass is 388 g/mol. The fraction of sp³-hybridized carbons (Fsp3) is 0.333. The van der Waals surface area contributed by atoms with Crippen molar-refractivity contribution >= 4 is 11.6 Å². The number of anilines is 1. The van der Waals surface area contributed by atoms with Crippen LogP contribution in [-0.4, -0.2) is 28.5 Å². The van der Waals surface area contributed by atoms with Gasteiger partial charge in [-0.2, -0.15) is 0 Å². The maximum atomic E-state index is 12.5. The predicted molar refractivity (Wildman–Crippen MR) is 116 cm³/mol. The van der Waals surface area contributed by atoms with E-state index in [1.165, 1.54) is 18.5 Å². The number of carbonyl (C=O) groups excluding carboxylic acids is 1. The van der Waals surface area contributed by atoms with Crippen LogP contribution in [0.1, 0.15) is 41.3 Å². The molecule has 3 aromatic rings. The summed E-state index contributed by atoms with van der Waals surface area (Å²) < 4.78 is 2.00. The topological polar surface area (TPSA) is 50.2 Å². The summed E-state index contributed by atoms with van der Waals surface area (Å²) in [5.41, 5.74) is 4.21. The summed E-state index contributed by atoms with van der Waals surface area (Å²) in [4.78, 5) is 19.0. The van der Waals surface area contributed by atoms with Crippen molar-refractivity contribution in [2.75, 3.05) is 18.0 Å². The number of nitrogens with zero attached hydrogens (tertiary/aromatic N) is 3. The van der Waals surface area contributed by atoms with E-state index in [1.807, 2.05) is 35.0 Å². The third-order valence-corrected chi connectivity index (χ3v) is 5.55. The Bertz CT molecular complexity index is 917. The molecular weight excluding hydrogens is 360 g/mol. The van der Waals surface area contributed by atoms with Crippen molar-refractivity contribution in [1.82, 2.24) is 14.9 Å². The molecule has 1 saturated heterocycles. The molecule has 1 N–H and O–H groups in total. The van der Waals surface area contributed by atoms with E-state index in [4.69, 9.17) is 0 Å². The van der Waals surface area contributed by atoms with Gasteiger partial charge in [0.2, 0.25) is 0 Å².